The van der Waals surface area contributed by atoms with Gasteiger partial charge in [-0.2, -0.15) is 0 Å². The van der Waals surface area contributed by atoms with Crippen LogP contribution in [0.25, 0.3) is 6.08 Å². The van der Waals surface area contributed by atoms with Gasteiger partial charge in [0.15, 0.2) is 0 Å². The van der Waals surface area contributed by atoms with E-state index in [0.29, 0.717) is 17.6 Å². The van der Waals surface area contributed by atoms with Gasteiger partial charge in [0.05, 0.1) is 13.2 Å². The van der Waals surface area contributed by atoms with E-state index in [1.807, 2.05) is 6.07 Å². The molecule has 1 aliphatic carbocycles. The predicted molar refractivity (Wildman–Crippen MR) is 73.9 cm³/mol. The molecule has 1 fully saturated rings. The summed E-state index contributed by atoms with van der Waals surface area (Å²) in [5, 5.41) is 8.80. The average Bonchev–Trinajstić information content (AvgIpc) is 2.98. The third-order valence-corrected chi connectivity index (χ3v) is 3.55. The van der Waals surface area contributed by atoms with Gasteiger partial charge in [-0.05, 0) is 30.5 Å². The minimum atomic E-state index is -2.62. The zero-order valence-corrected chi connectivity index (χ0v) is 11.8. The maximum Gasteiger partial charge on any atom is 0.255 e. The van der Waals surface area contributed by atoms with Crippen molar-refractivity contribution in [3.05, 3.63) is 29.7 Å². The second kappa shape index (κ2) is 6.85. The third-order valence-electron chi connectivity index (χ3n) is 3.55. The lowest BCUT2D eigenvalue weighted by Crippen LogP contribution is -2.36. The number of halogens is 2. The van der Waals surface area contributed by atoms with Gasteiger partial charge in [-0.1, -0.05) is 6.92 Å². The molecule has 2 unspecified atom stereocenters. The van der Waals surface area contributed by atoms with E-state index in [-0.39, 0.29) is 13.2 Å². The molecule has 0 bridgehead atoms. The molecule has 0 aliphatic heterocycles. The Hall–Kier alpha value is -1.69. The van der Waals surface area contributed by atoms with E-state index in [0.717, 1.165) is 17.1 Å². The first-order valence-corrected chi connectivity index (χ1v) is 6.97. The molecule has 4 nitrogen and oxygen atoms in total. The maximum atomic E-state index is 12.3. The van der Waals surface area contributed by atoms with E-state index in [9.17, 15) is 13.6 Å². The van der Waals surface area contributed by atoms with Gasteiger partial charge in [0.1, 0.15) is 11.5 Å². The SMILES string of the molecule is CC1CC1c1ccc(/C=C/C(=O)N(CCO)CC(F)F)o1. The molecule has 0 aromatic carbocycles. The van der Waals surface area contributed by atoms with Crippen LogP contribution in [0, 0.1) is 5.92 Å². The highest BCUT2D eigenvalue weighted by atomic mass is 19.3. The van der Waals surface area contributed by atoms with Crippen LogP contribution in [0.5, 0.6) is 0 Å². The molecule has 2 rings (SSSR count). The van der Waals surface area contributed by atoms with Crippen LogP contribution in [0.1, 0.15) is 30.8 Å². The summed E-state index contributed by atoms with van der Waals surface area (Å²) in [4.78, 5) is 12.7. The lowest BCUT2D eigenvalue weighted by molar-refractivity contribution is -0.128. The Morgan fingerprint density at radius 3 is 2.86 bits per heavy atom. The highest BCUT2D eigenvalue weighted by molar-refractivity contribution is 5.91. The van der Waals surface area contributed by atoms with Crippen LogP contribution in [-0.2, 0) is 4.79 Å². The van der Waals surface area contributed by atoms with Crippen LogP contribution in [0.3, 0.4) is 0 Å². The maximum absolute atomic E-state index is 12.3. The summed E-state index contributed by atoms with van der Waals surface area (Å²) in [5.41, 5.74) is 0. The van der Waals surface area contributed by atoms with Crippen molar-refractivity contribution in [2.24, 2.45) is 5.92 Å². The van der Waals surface area contributed by atoms with E-state index < -0.39 is 18.9 Å². The smallest absolute Gasteiger partial charge is 0.255 e. The topological polar surface area (TPSA) is 53.7 Å². The average molecular weight is 299 g/mol. The molecule has 6 heteroatoms. The molecule has 1 saturated carbocycles. The first kappa shape index (κ1) is 15.7. The standard InChI is InChI=1S/C15H19F2NO3/c1-10-8-12(10)13-4-2-11(21-13)3-5-15(20)18(6-7-19)9-14(16)17/h2-5,10,12,14,19H,6-9H2,1H3/b5-3+. The zero-order chi connectivity index (χ0) is 15.4. The predicted octanol–water partition coefficient (Wildman–Crippen LogP) is 2.50. The molecule has 0 spiro atoms. The first-order valence-electron chi connectivity index (χ1n) is 6.97. The molecule has 21 heavy (non-hydrogen) atoms. The fraction of sp³-hybridized carbons (Fsp3) is 0.533. The second-order valence-electron chi connectivity index (χ2n) is 5.29. The van der Waals surface area contributed by atoms with Crippen molar-refractivity contribution in [3.8, 4) is 0 Å². The van der Waals surface area contributed by atoms with Crippen LogP contribution < -0.4 is 0 Å². The Labute approximate surface area is 122 Å². The number of aliphatic hydroxyl groups is 1. The normalized spacial score (nSPS) is 21.2. The minimum absolute atomic E-state index is 0.115. The van der Waals surface area contributed by atoms with Crippen molar-refractivity contribution in [2.45, 2.75) is 25.7 Å². The summed E-state index contributed by atoms with van der Waals surface area (Å²) in [6.45, 7) is 0.989. The Morgan fingerprint density at radius 2 is 2.29 bits per heavy atom. The van der Waals surface area contributed by atoms with Crippen LogP contribution in [0.15, 0.2) is 22.6 Å². The zero-order valence-electron chi connectivity index (χ0n) is 11.8. The van der Waals surface area contributed by atoms with Gasteiger partial charge in [-0.3, -0.25) is 4.79 Å². The number of hydrogen-bond donors (Lipinski definition) is 1. The first-order chi connectivity index (χ1) is 10.0. The number of nitrogens with zero attached hydrogens (tertiary/aromatic N) is 1. The highest BCUT2D eigenvalue weighted by Gasteiger charge is 2.36. The van der Waals surface area contributed by atoms with Gasteiger partial charge in [0.2, 0.25) is 5.91 Å². The Balaban J connectivity index is 1.94. The Kier molecular flexibility index (Phi) is 5.12. The van der Waals surface area contributed by atoms with Crippen molar-refractivity contribution in [3.63, 3.8) is 0 Å². The van der Waals surface area contributed by atoms with E-state index in [4.69, 9.17) is 9.52 Å². The second-order valence-corrected chi connectivity index (χ2v) is 5.29. The van der Waals surface area contributed by atoms with Crippen LogP contribution in [0.4, 0.5) is 8.78 Å². The van der Waals surface area contributed by atoms with Crippen molar-refractivity contribution >= 4 is 12.0 Å². The lowest BCUT2D eigenvalue weighted by atomic mass is 10.3. The summed E-state index contributed by atoms with van der Waals surface area (Å²) < 4.78 is 30.3. The number of rotatable bonds is 7. The molecule has 1 N–H and O–H groups in total. The number of carbonyl (C=O) groups excluding carboxylic acids is 1. The van der Waals surface area contributed by atoms with E-state index in [1.165, 1.54) is 12.2 Å². The minimum Gasteiger partial charge on any atom is -0.461 e. The largest absolute Gasteiger partial charge is 0.461 e. The molecule has 0 radical (unpaired) electrons. The number of amides is 1. The van der Waals surface area contributed by atoms with Gasteiger partial charge in [0, 0.05) is 18.5 Å². The number of aliphatic hydroxyl groups excluding tert-OH is 1. The van der Waals surface area contributed by atoms with Gasteiger partial charge < -0.3 is 14.4 Å². The lowest BCUT2D eigenvalue weighted by Gasteiger charge is -2.19. The molecule has 116 valence electrons. The number of furan rings is 1. The monoisotopic (exact) mass is 299 g/mol. The summed E-state index contributed by atoms with van der Waals surface area (Å²) in [7, 11) is 0. The van der Waals surface area contributed by atoms with Gasteiger partial charge in [-0.15, -0.1) is 0 Å². The molecule has 1 heterocycles. The van der Waals surface area contributed by atoms with E-state index in [1.54, 1.807) is 6.07 Å². The summed E-state index contributed by atoms with van der Waals surface area (Å²) in [5.74, 6) is 1.93. The van der Waals surface area contributed by atoms with Crippen LogP contribution in [0.2, 0.25) is 0 Å². The van der Waals surface area contributed by atoms with Crippen molar-refractivity contribution < 1.29 is 23.1 Å². The van der Waals surface area contributed by atoms with Crippen LogP contribution in [-0.4, -0.2) is 42.0 Å². The van der Waals surface area contributed by atoms with E-state index >= 15 is 0 Å². The fourth-order valence-corrected chi connectivity index (χ4v) is 2.21. The van der Waals surface area contributed by atoms with Crippen molar-refractivity contribution in [1.29, 1.82) is 0 Å². The van der Waals surface area contributed by atoms with Crippen molar-refractivity contribution in [1.82, 2.24) is 4.90 Å². The van der Waals surface area contributed by atoms with Gasteiger partial charge in [-0.25, -0.2) is 8.78 Å². The molecule has 1 aromatic rings. The van der Waals surface area contributed by atoms with Crippen LogP contribution >= 0.6 is 0 Å². The van der Waals surface area contributed by atoms with Gasteiger partial charge in [0.25, 0.3) is 6.43 Å². The molecule has 1 aromatic heterocycles. The van der Waals surface area contributed by atoms with Gasteiger partial charge >= 0.3 is 0 Å². The Bertz CT molecular complexity index is 513. The van der Waals surface area contributed by atoms with E-state index in [2.05, 4.69) is 6.92 Å². The number of hydrogen-bond acceptors (Lipinski definition) is 3. The fourth-order valence-electron chi connectivity index (χ4n) is 2.21. The third kappa shape index (κ3) is 4.39. The van der Waals surface area contributed by atoms with Crippen molar-refractivity contribution in [2.75, 3.05) is 19.7 Å². The summed E-state index contributed by atoms with van der Waals surface area (Å²) >= 11 is 0. The highest BCUT2D eigenvalue weighted by Crippen LogP contribution is 2.47. The number of carbonyl (C=O) groups is 1. The summed E-state index contributed by atoms with van der Waals surface area (Å²) in [6, 6.07) is 3.64. The Morgan fingerprint density at radius 1 is 1.57 bits per heavy atom. The molecule has 1 aliphatic rings. The molecule has 2 atom stereocenters. The molecule has 1 amide bonds. The summed E-state index contributed by atoms with van der Waals surface area (Å²) in [6.07, 6.45) is 1.14. The molecular weight excluding hydrogens is 280 g/mol. The number of alkyl halides is 2. The quantitative estimate of drug-likeness (QED) is 0.787. The molecular formula is C15H19F2NO3. The molecule has 0 saturated heterocycles.